The van der Waals surface area contributed by atoms with Crippen LogP contribution < -0.4 is 5.73 Å². The SMILES string of the molecule is Nc1ccc(C(=O)N2CCCC2C2CCCC2)c(Cl)c1. The summed E-state index contributed by atoms with van der Waals surface area (Å²) in [5, 5.41) is 0.465. The van der Waals surface area contributed by atoms with E-state index >= 15 is 0 Å². The Morgan fingerprint density at radius 1 is 1.20 bits per heavy atom. The monoisotopic (exact) mass is 292 g/mol. The molecule has 0 bridgehead atoms. The molecule has 2 N–H and O–H groups in total. The summed E-state index contributed by atoms with van der Waals surface area (Å²) in [7, 11) is 0. The van der Waals surface area contributed by atoms with Crippen LogP contribution in [0.15, 0.2) is 18.2 Å². The lowest BCUT2D eigenvalue weighted by Crippen LogP contribution is -2.39. The number of hydrogen-bond donors (Lipinski definition) is 1. The summed E-state index contributed by atoms with van der Waals surface area (Å²) in [6.07, 6.45) is 7.41. The van der Waals surface area contributed by atoms with Crippen LogP contribution in [0.4, 0.5) is 5.69 Å². The molecule has 1 aliphatic heterocycles. The van der Waals surface area contributed by atoms with E-state index in [0.29, 0.717) is 28.2 Å². The predicted octanol–water partition coefficient (Wildman–Crippen LogP) is 3.72. The maximum atomic E-state index is 12.7. The largest absolute Gasteiger partial charge is 0.399 e. The second-order valence-electron chi connectivity index (χ2n) is 5.99. The van der Waals surface area contributed by atoms with E-state index in [-0.39, 0.29) is 5.91 Å². The summed E-state index contributed by atoms with van der Waals surface area (Å²) < 4.78 is 0. The average Bonchev–Trinajstić information content (AvgIpc) is 3.09. The van der Waals surface area contributed by atoms with Gasteiger partial charge in [-0.25, -0.2) is 0 Å². The Kier molecular flexibility index (Phi) is 3.88. The van der Waals surface area contributed by atoms with Crippen molar-refractivity contribution in [2.75, 3.05) is 12.3 Å². The topological polar surface area (TPSA) is 46.3 Å². The highest BCUT2D eigenvalue weighted by Gasteiger charge is 2.36. The third-order valence-corrected chi connectivity index (χ3v) is 5.04. The summed E-state index contributed by atoms with van der Waals surface area (Å²) in [6.45, 7) is 0.862. The van der Waals surface area contributed by atoms with Gasteiger partial charge in [-0.3, -0.25) is 4.79 Å². The summed E-state index contributed by atoms with van der Waals surface area (Å²) in [6, 6.07) is 5.58. The fraction of sp³-hybridized carbons (Fsp3) is 0.562. The minimum Gasteiger partial charge on any atom is -0.399 e. The Hall–Kier alpha value is -1.22. The molecule has 1 amide bonds. The van der Waals surface area contributed by atoms with Crippen LogP contribution in [0, 0.1) is 5.92 Å². The zero-order valence-electron chi connectivity index (χ0n) is 11.6. The van der Waals surface area contributed by atoms with E-state index in [1.165, 1.54) is 25.7 Å². The molecule has 3 rings (SSSR count). The van der Waals surface area contributed by atoms with Gasteiger partial charge in [-0.05, 0) is 49.8 Å². The second kappa shape index (κ2) is 5.65. The lowest BCUT2D eigenvalue weighted by molar-refractivity contribution is 0.0689. The normalized spacial score (nSPS) is 23.4. The number of carbonyl (C=O) groups is 1. The molecule has 20 heavy (non-hydrogen) atoms. The highest BCUT2D eigenvalue weighted by molar-refractivity contribution is 6.34. The molecule has 0 spiro atoms. The highest BCUT2D eigenvalue weighted by atomic mass is 35.5. The van der Waals surface area contributed by atoms with Crippen molar-refractivity contribution in [1.29, 1.82) is 0 Å². The van der Waals surface area contributed by atoms with Crippen LogP contribution in [0.25, 0.3) is 0 Å². The van der Waals surface area contributed by atoms with E-state index in [9.17, 15) is 4.79 Å². The molecule has 1 aromatic rings. The first-order valence-electron chi connectivity index (χ1n) is 7.53. The Bertz CT molecular complexity index is 511. The van der Waals surface area contributed by atoms with Gasteiger partial charge in [0.25, 0.3) is 5.91 Å². The standard InChI is InChI=1S/C16H21ClN2O/c17-14-10-12(18)7-8-13(14)16(20)19-9-3-6-15(19)11-4-1-2-5-11/h7-8,10-11,15H,1-6,9,18H2. The van der Waals surface area contributed by atoms with Crippen LogP contribution >= 0.6 is 11.6 Å². The Morgan fingerprint density at radius 3 is 2.65 bits per heavy atom. The van der Waals surface area contributed by atoms with Crippen LogP contribution in [0.2, 0.25) is 5.02 Å². The molecule has 2 fully saturated rings. The Balaban J connectivity index is 1.81. The van der Waals surface area contributed by atoms with Gasteiger partial charge in [0, 0.05) is 18.3 Å². The number of anilines is 1. The van der Waals surface area contributed by atoms with Gasteiger partial charge in [0.1, 0.15) is 0 Å². The van der Waals surface area contributed by atoms with E-state index in [0.717, 1.165) is 19.4 Å². The number of rotatable bonds is 2. The van der Waals surface area contributed by atoms with Crippen LogP contribution in [-0.2, 0) is 0 Å². The van der Waals surface area contributed by atoms with Crippen molar-refractivity contribution in [3.05, 3.63) is 28.8 Å². The van der Waals surface area contributed by atoms with E-state index in [1.54, 1.807) is 18.2 Å². The zero-order chi connectivity index (χ0) is 14.1. The Labute approximate surface area is 125 Å². The smallest absolute Gasteiger partial charge is 0.255 e. The molecular formula is C16H21ClN2O. The number of amides is 1. The molecule has 1 saturated carbocycles. The van der Waals surface area contributed by atoms with Gasteiger partial charge in [-0.1, -0.05) is 24.4 Å². The second-order valence-corrected chi connectivity index (χ2v) is 6.40. The minimum absolute atomic E-state index is 0.0735. The van der Waals surface area contributed by atoms with E-state index in [2.05, 4.69) is 0 Å². The lowest BCUT2D eigenvalue weighted by atomic mass is 9.95. The van der Waals surface area contributed by atoms with E-state index < -0.39 is 0 Å². The maximum Gasteiger partial charge on any atom is 0.255 e. The van der Waals surface area contributed by atoms with Gasteiger partial charge < -0.3 is 10.6 Å². The van der Waals surface area contributed by atoms with Crippen LogP contribution in [-0.4, -0.2) is 23.4 Å². The molecule has 2 aliphatic rings. The molecule has 0 radical (unpaired) electrons. The zero-order valence-corrected chi connectivity index (χ0v) is 12.4. The van der Waals surface area contributed by atoms with Gasteiger partial charge in [-0.2, -0.15) is 0 Å². The fourth-order valence-electron chi connectivity index (χ4n) is 3.74. The number of nitrogens with two attached hydrogens (primary N) is 1. The fourth-order valence-corrected chi connectivity index (χ4v) is 4.01. The van der Waals surface area contributed by atoms with Crippen molar-refractivity contribution in [1.82, 2.24) is 4.90 Å². The van der Waals surface area contributed by atoms with Gasteiger partial charge in [0.05, 0.1) is 10.6 Å². The third-order valence-electron chi connectivity index (χ3n) is 4.73. The molecule has 1 aromatic carbocycles. The third kappa shape index (κ3) is 2.51. The number of hydrogen-bond acceptors (Lipinski definition) is 2. The van der Waals surface area contributed by atoms with Gasteiger partial charge in [0.15, 0.2) is 0 Å². The van der Waals surface area contributed by atoms with Crippen LogP contribution in [0.1, 0.15) is 48.9 Å². The van der Waals surface area contributed by atoms with Crippen molar-refractivity contribution in [3.63, 3.8) is 0 Å². The molecule has 1 aliphatic carbocycles. The van der Waals surface area contributed by atoms with Crippen LogP contribution in [0.5, 0.6) is 0 Å². The molecule has 3 nitrogen and oxygen atoms in total. The molecular weight excluding hydrogens is 272 g/mol. The molecule has 0 aromatic heterocycles. The number of halogens is 1. The first kappa shape index (κ1) is 13.7. The van der Waals surface area contributed by atoms with Crippen molar-refractivity contribution >= 4 is 23.2 Å². The minimum atomic E-state index is 0.0735. The van der Waals surface area contributed by atoms with E-state index in [1.807, 2.05) is 4.90 Å². The Morgan fingerprint density at radius 2 is 1.95 bits per heavy atom. The molecule has 1 atom stereocenters. The van der Waals surface area contributed by atoms with Crippen LogP contribution in [0.3, 0.4) is 0 Å². The number of likely N-dealkylation sites (tertiary alicyclic amines) is 1. The van der Waals surface area contributed by atoms with Gasteiger partial charge >= 0.3 is 0 Å². The van der Waals surface area contributed by atoms with Crippen molar-refractivity contribution < 1.29 is 4.79 Å². The molecule has 1 saturated heterocycles. The van der Waals surface area contributed by atoms with E-state index in [4.69, 9.17) is 17.3 Å². The number of carbonyl (C=O) groups excluding carboxylic acids is 1. The predicted molar refractivity (Wildman–Crippen MR) is 81.9 cm³/mol. The average molecular weight is 293 g/mol. The number of benzene rings is 1. The van der Waals surface area contributed by atoms with Gasteiger partial charge in [0.2, 0.25) is 0 Å². The first-order valence-corrected chi connectivity index (χ1v) is 7.90. The molecule has 108 valence electrons. The highest BCUT2D eigenvalue weighted by Crippen LogP contribution is 2.36. The summed E-state index contributed by atoms with van der Waals surface area (Å²) in [4.78, 5) is 14.8. The number of nitrogen functional groups attached to an aromatic ring is 1. The summed E-state index contributed by atoms with van der Waals surface area (Å²) >= 11 is 6.18. The summed E-state index contributed by atoms with van der Waals surface area (Å²) in [5.74, 6) is 0.762. The van der Waals surface area contributed by atoms with Crippen molar-refractivity contribution in [3.8, 4) is 0 Å². The molecule has 4 heteroatoms. The molecule has 1 heterocycles. The first-order chi connectivity index (χ1) is 9.66. The maximum absolute atomic E-state index is 12.7. The van der Waals surface area contributed by atoms with Crippen molar-refractivity contribution in [2.24, 2.45) is 5.92 Å². The lowest BCUT2D eigenvalue weighted by Gasteiger charge is -2.29. The molecule has 1 unspecified atom stereocenters. The van der Waals surface area contributed by atoms with Crippen molar-refractivity contribution in [2.45, 2.75) is 44.6 Å². The quantitative estimate of drug-likeness (QED) is 0.845. The van der Waals surface area contributed by atoms with Gasteiger partial charge in [-0.15, -0.1) is 0 Å². The summed E-state index contributed by atoms with van der Waals surface area (Å²) in [5.41, 5.74) is 6.88. The number of nitrogens with zero attached hydrogens (tertiary/aromatic N) is 1.